The van der Waals surface area contributed by atoms with Crippen LogP contribution in [0.25, 0.3) is 4.85 Å². The van der Waals surface area contributed by atoms with Gasteiger partial charge in [-0.05, 0) is 12.8 Å². The van der Waals surface area contributed by atoms with Crippen molar-refractivity contribution in [3.63, 3.8) is 0 Å². The van der Waals surface area contributed by atoms with Gasteiger partial charge in [0.1, 0.15) is 0 Å². The van der Waals surface area contributed by atoms with Crippen LogP contribution >= 0.6 is 11.6 Å². The molecule has 20 heavy (non-hydrogen) atoms. The zero-order chi connectivity index (χ0) is 17.3. The average molecular weight is 336 g/mol. The van der Waals surface area contributed by atoms with Crippen LogP contribution in [0.3, 0.4) is 0 Å². The van der Waals surface area contributed by atoms with E-state index >= 15 is 0 Å². The summed E-state index contributed by atoms with van der Waals surface area (Å²) in [5.74, 6) is 3.42. The monoisotopic (exact) mass is 335 g/mol. The minimum atomic E-state index is -0.867. The van der Waals surface area contributed by atoms with E-state index < -0.39 is 11.0 Å². The Bertz CT molecular complexity index is 386. The molecule has 0 aromatic carbocycles. The van der Waals surface area contributed by atoms with Gasteiger partial charge >= 0.3 is 56.5 Å². The van der Waals surface area contributed by atoms with Gasteiger partial charge in [-0.3, -0.25) is 0 Å². The van der Waals surface area contributed by atoms with E-state index in [0.29, 0.717) is 0 Å². The van der Waals surface area contributed by atoms with E-state index in [2.05, 4.69) is 44.0 Å². The molecule has 0 N–H and O–H groups in total. The fourth-order valence-electron chi connectivity index (χ4n) is 0.210. The number of halogens is 2. The first-order chi connectivity index (χ1) is 9.22. The van der Waals surface area contributed by atoms with Gasteiger partial charge in [0.2, 0.25) is 0 Å². The fraction of sp³-hybridized carbons (Fsp3) is 0.0909. The van der Waals surface area contributed by atoms with E-state index in [0.717, 1.165) is 0 Å². The Kier molecular flexibility index (Phi) is 186. The van der Waals surface area contributed by atoms with Crippen molar-refractivity contribution in [2.75, 3.05) is 0 Å². The molecule has 0 heterocycles. The molecule has 0 aromatic heterocycles. The molecule has 0 spiro atoms. The summed E-state index contributed by atoms with van der Waals surface area (Å²) < 4.78 is 49.7. The first-order valence-corrected chi connectivity index (χ1v) is 3.47. The van der Waals surface area contributed by atoms with Crippen LogP contribution in [0, 0.1) is 51.7 Å². The smallest absolute Gasteiger partial charge is 0 e. The molecule has 0 unspecified atom stereocenters. The van der Waals surface area contributed by atoms with Gasteiger partial charge in [0.25, 0.3) is 5.16 Å². The van der Waals surface area contributed by atoms with Gasteiger partial charge in [0.05, 0.1) is 6.57 Å². The molecular weight excluding hydrogens is 333 g/mol. The van der Waals surface area contributed by atoms with E-state index in [1.165, 1.54) is 6.92 Å². The molecule has 0 rings (SSSR count). The molecular formula is C11H3ClCrFNO5. The Labute approximate surface area is 131 Å². The van der Waals surface area contributed by atoms with Crippen molar-refractivity contribution in [2.45, 2.75) is 6.92 Å². The second-order valence-corrected chi connectivity index (χ2v) is 1.45. The summed E-state index contributed by atoms with van der Waals surface area (Å²) in [6.45, 7) is 30.2. The van der Waals surface area contributed by atoms with Crippen molar-refractivity contribution < 1.29 is 45.0 Å². The van der Waals surface area contributed by atoms with Crippen molar-refractivity contribution in [3.8, 4) is 11.8 Å². The summed E-state index contributed by atoms with van der Waals surface area (Å²) in [6, 6.07) is 0. The quantitative estimate of drug-likeness (QED) is 0.280. The van der Waals surface area contributed by atoms with Crippen molar-refractivity contribution in [2.24, 2.45) is 0 Å². The average Bonchev–Trinajstić information content (AvgIpc) is 2.56. The Hall–Kier alpha value is -1.76. The third-order valence-electron chi connectivity index (χ3n) is 0.514. The SMILES string of the molecule is [C-]#[N+]/C(Cl)=C(/F)C#CC.[C-]#[O+].[C-]#[O+].[C-]#[O+].[C-]#[O+].[C-]#[O+].[Cr]. The molecule has 0 fully saturated rings. The minimum absolute atomic E-state index is 0. The molecule has 0 atom stereocenters. The molecule has 0 aliphatic heterocycles. The van der Waals surface area contributed by atoms with Crippen LogP contribution in [-0.2, 0) is 40.6 Å². The maximum Gasteiger partial charge on any atom is 0 e. The molecule has 0 radical (unpaired) electrons. The molecule has 0 aromatic rings. The third-order valence-corrected chi connectivity index (χ3v) is 0.764. The number of allylic oxidation sites excluding steroid dienone is 1. The van der Waals surface area contributed by atoms with Crippen molar-refractivity contribution in [3.05, 3.63) is 55.7 Å². The van der Waals surface area contributed by atoms with Gasteiger partial charge in [-0.2, -0.15) is 0 Å². The zero-order valence-electron chi connectivity index (χ0n) is 9.65. The second-order valence-electron chi connectivity index (χ2n) is 1.09. The van der Waals surface area contributed by atoms with Gasteiger partial charge in [-0.15, -0.1) is 17.5 Å². The van der Waals surface area contributed by atoms with Crippen LogP contribution in [0.5, 0.6) is 0 Å². The summed E-state index contributed by atoms with van der Waals surface area (Å²) in [6.07, 6.45) is 0. The van der Waals surface area contributed by atoms with Crippen LogP contribution in [-0.4, -0.2) is 0 Å². The first kappa shape index (κ1) is 42.9. The van der Waals surface area contributed by atoms with Gasteiger partial charge in [-0.1, -0.05) is 0 Å². The third kappa shape index (κ3) is 71.9. The van der Waals surface area contributed by atoms with Crippen molar-refractivity contribution in [1.29, 1.82) is 0 Å². The summed E-state index contributed by atoms with van der Waals surface area (Å²) >= 11 is 5.04. The maximum atomic E-state index is 12.2. The molecule has 0 aliphatic carbocycles. The normalized spacial score (nSPS) is 5.20. The zero-order valence-corrected chi connectivity index (χ0v) is 11.7. The largest absolute Gasteiger partial charge is 0 e. The van der Waals surface area contributed by atoms with E-state index in [1.54, 1.807) is 0 Å². The van der Waals surface area contributed by atoms with Gasteiger partial charge < -0.3 is 0 Å². The van der Waals surface area contributed by atoms with E-state index in [1.807, 2.05) is 5.92 Å². The maximum absolute atomic E-state index is 12.2. The predicted molar refractivity (Wildman–Crippen MR) is 53.7 cm³/mol. The second kappa shape index (κ2) is 86.7. The first-order valence-electron chi connectivity index (χ1n) is 3.10. The fourth-order valence-corrected chi connectivity index (χ4v) is 0.258. The van der Waals surface area contributed by atoms with Crippen LogP contribution in [0.2, 0.25) is 0 Å². The Morgan fingerprint density at radius 2 is 1.20 bits per heavy atom. The molecule has 0 saturated carbocycles. The molecule has 6 nitrogen and oxygen atoms in total. The Morgan fingerprint density at radius 1 is 0.950 bits per heavy atom. The van der Waals surface area contributed by atoms with Crippen molar-refractivity contribution >= 4 is 11.6 Å². The molecule has 0 aliphatic rings. The predicted octanol–water partition coefficient (Wildman–Crippen LogP) is 2.12. The topological polar surface area (TPSA) is 104 Å². The number of hydrogen-bond acceptors (Lipinski definition) is 0. The molecule has 0 saturated heterocycles. The van der Waals surface area contributed by atoms with Crippen LogP contribution in [0.15, 0.2) is 11.0 Å². The molecule has 102 valence electrons. The molecule has 0 amide bonds. The summed E-state index contributed by atoms with van der Waals surface area (Å²) in [4.78, 5) is 2.62. The van der Waals surface area contributed by atoms with Crippen LogP contribution < -0.4 is 0 Å². The minimum Gasteiger partial charge on any atom is 0 e. The van der Waals surface area contributed by atoms with Gasteiger partial charge in [0.15, 0.2) is 5.83 Å². The summed E-state index contributed by atoms with van der Waals surface area (Å²) in [7, 11) is 0. The van der Waals surface area contributed by atoms with Crippen LogP contribution in [0.1, 0.15) is 6.92 Å². The summed E-state index contributed by atoms with van der Waals surface area (Å²) in [5.41, 5.74) is 0. The van der Waals surface area contributed by atoms with Crippen molar-refractivity contribution in [1.82, 2.24) is 0 Å². The van der Waals surface area contributed by atoms with Gasteiger partial charge in [0, 0.05) is 17.4 Å². The standard InChI is InChI=1S/C6H3ClFN.5CO.Cr/c1-3-4-5(8)6(7)9-2;5*1-2;/h1H3;;;;;;/b6-5+;;;;;;. The van der Waals surface area contributed by atoms with Crippen LogP contribution in [0.4, 0.5) is 4.39 Å². The number of hydrogen-bond donors (Lipinski definition) is 0. The summed E-state index contributed by atoms with van der Waals surface area (Å²) in [5, 5.41) is -0.510. The Morgan fingerprint density at radius 3 is 1.35 bits per heavy atom. The van der Waals surface area contributed by atoms with E-state index in [4.69, 9.17) is 41.4 Å². The molecule has 0 bridgehead atoms. The number of rotatable bonds is 0. The van der Waals surface area contributed by atoms with E-state index in [-0.39, 0.29) is 17.4 Å². The number of nitrogens with zero attached hydrogens (tertiary/aromatic N) is 1. The van der Waals surface area contributed by atoms with E-state index in [9.17, 15) is 4.39 Å². The Balaban J connectivity index is -0.0000000261. The molecule has 9 heteroatoms. The van der Waals surface area contributed by atoms with Gasteiger partial charge in [-0.25, -0.2) is 9.24 Å².